The predicted molar refractivity (Wildman–Crippen MR) is 269 cm³/mol. The van der Waals surface area contributed by atoms with Crippen molar-refractivity contribution >= 4 is 17.9 Å². The molecule has 0 rings (SSSR count). The molecule has 6 nitrogen and oxygen atoms in total. The van der Waals surface area contributed by atoms with Crippen LogP contribution in [-0.2, 0) is 28.6 Å². The van der Waals surface area contributed by atoms with E-state index < -0.39 is 6.10 Å². The maximum Gasteiger partial charge on any atom is 0.306 e. The topological polar surface area (TPSA) is 78.9 Å². The lowest BCUT2D eigenvalue weighted by molar-refractivity contribution is -0.167. The third-order valence-corrected chi connectivity index (χ3v) is 10.2. The van der Waals surface area contributed by atoms with Crippen molar-refractivity contribution in [3.8, 4) is 0 Å². The van der Waals surface area contributed by atoms with Crippen LogP contribution in [0.2, 0.25) is 0 Å². The highest BCUT2D eigenvalue weighted by atomic mass is 16.6. The Morgan fingerprint density at radius 2 is 0.635 bits per heavy atom. The number of ether oxygens (including phenoxy) is 3. The molecule has 0 N–H and O–H groups in total. The van der Waals surface area contributed by atoms with Crippen LogP contribution in [0, 0.1) is 0 Å². The van der Waals surface area contributed by atoms with Gasteiger partial charge in [-0.15, -0.1) is 0 Å². The van der Waals surface area contributed by atoms with Gasteiger partial charge in [0.05, 0.1) is 0 Å². The monoisotopic (exact) mass is 871 g/mol. The van der Waals surface area contributed by atoms with E-state index in [-0.39, 0.29) is 44.0 Å². The van der Waals surface area contributed by atoms with Crippen LogP contribution in [0.5, 0.6) is 0 Å². The van der Waals surface area contributed by atoms with E-state index in [0.717, 1.165) is 57.8 Å². The maximum atomic E-state index is 12.8. The summed E-state index contributed by atoms with van der Waals surface area (Å²) in [6.45, 7) is 6.24. The van der Waals surface area contributed by atoms with Crippen LogP contribution in [0.4, 0.5) is 0 Å². The molecule has 1 unspecified atom stereocenters. The van der Waals surface area contributed by atoms with Crippen molar-refractivity contribution in [3.63, 3.8) is 0 Å². The van der Waals surface area contributed by atoms with E-state index >= 15 is 0 Å². The lowest BCUT2D eigenvalue weighted by atomic mass is 10.0. The fourth-order valence-corrected chi connectivity index (χ4v) is 6.49. The third kappa shape index (κ3) is 48.7. The van der Waals surface area contributed by atoms with Crippen molar-refractivity contribution < 1.29 is 28.6 Å². The number of hydrogen-bond acceptors (Lipinski definition) is 6. The first-order chi connectivity index (χ1) is 31.0. The van der Waals surface area contributed by atoms with E-state index in [9.17, 15) is 14.4 Å². The second-order valence-corrected chi connectivity index (χ2v) is 16.2. The second-order valence-electron chi connectivity index (χ2n) is 16.2. The molecule has 6 heteroatoms. The standard InChI is InChI=1S/C57H90O6/c1-4-7-10-13-16-19-22-25-27-28-30-32-35-38-41-44-47-50-56(59)62-53-54(52-61-55(58)49-46-43-40-37-34-31-24-21-18-15-12-9-6-3)63-57(60)51-48-45-42-39-36-33-29-26-23-20-17-14-11-8-5-2/h8-9,11-12,14-15,17-18,20-21,23-24,26,29,31,33-34,36-37,40,54H,4-7,10,13,16,19,22,25,27-28,30,32,35,38-39,41-53H2,1-3H3/b11-8-,12-9-,17-14-,18-15-,23-20-,24-21-,29-26-,34-31-,36-33-,40-37-. The minimum Gasteiger partial charge on any atom is -0.462 e. The summed E-state index contributed by atoms with van der Waals surface area (Å²) >= 11 is 0. The molecule has 63 heavy (non-hydrogen) atoms. The zero-order valence-electron chi connectivity index (χ0n) is 40.3. The lowest BCUT2D eigenvalue weighted by Crippen LogP contribution is -2.30. The zero-order valence-corrected chi connectivity index (χ0v) is 40.3. The van der Waals surface area contributed by atoms with E-state index in [1.807, 2.05) is 103 Å². The maximum absolute atomic E-state index is 12.8. The van der Waals surface area contributed by atoms with Gasteiger partial charge < -0.3 is 14.2 Å². The first-order valence-electron chi connectivity index (χ1n) is 25.2. The number of allylic oxidation sites excluding steroid dienone is 20. The van der Waals surface area contributed by atoms with Gasteiger partial charge in [-0.25, -0.2) is 0 Å². The summed E-state index contributed by atoms with van der Waals surface area (Å²) in [5.74, 6) is -1.05. The first kappa shape index (κ1) is 58.8. The molecule has 0 bridgehead atoms. The lowest BCUT2D eigenvalue weighted by Gasteiger charge is -2.18. The van der Waals surface area contributed by atoms with Crippen LogP contribution in [0.3, 0.4) is 0 Å². The van der Waals surface area contributed by atoms with Crippen LogP contribution < -0.4 is 0 Å². The summed E-state index contributed by atoms with van der Waals surface area (Å²) in [5.41, 5.74) is 0. The van der Waals surface area contributed by atoms with E-state index in [0.29, 0.717) is 19.3 Å². The molecular weight excluding hydrogens is 781 g/mol. The van der Waals surface area contributed by atoms with Crippen LogP contribution in [-0.4, -0.2) is 37.2 Å². The molecule has 0 amide bonds. The fraction of sp³-hybridized carbons (Fsp3) is 0.596. The Kier molecular flexibility index (Phi) is 47.1. The van der Waals surface area contributed by atoms with Gasteiger partial charge in [-0.3, -0.25) is 14.4 Å². The summed E-state index contributed by atoms with van der Waals surface area (Å²) in [6.07, 6.45) is 69.1. The van der Waals surface area contributed by atoms with Gasteiger partial charge in [0.1, 0.15) is 13.2 Å². The van der Waals surface area contributed by atoms with Crippen LogP contribution in [0.25, 0.3) is 0 Å². The molecule has 0 aromatic heterocycles. The van der Waals surface area contributed by atoms with Gasteiger partial charge in [0.25, 0.3) is 0 Å². The molecule has 0 aromatic rings. The van der Waals surface area contributed by atoms with Gasteiger partial charge in [-0.05, 0) is 51.4 Å². The smallest absolute Gasteiger partial charge is 0.306 e. The summed E-state index contributed by atoms with van der Waals surface area (Å²) < 4.78 is 16.7. The first-order valence-corrected chi connectivity index (χ1v) is 25.2. The molecule has 0 spiro atoms. The molecule has 0 aliphatic heterocycles. The summed E-state index contributed by atoms with van der Waals surface area (Å²) in [4.78, 5) is 37.9. The Balaban J connectivity index is 4.54. The molecule has 0 saturated carbocycles. The molecule has 0 radical (unpaired) electrons. The number of carbonyl (C=O) groups excluding carboxylic acids is 3. The minimum absolute atomic E-state index is 0.120. The number of carbonyl (C=O) groups is 3. The molecule has 0 saturated heterocycles. The zero-order chi connectivity index (χ0) is 45.8. The van der Waals surface area contributed by atoms with Gasteiger partial charge in [0.15, 0.2) is 6.10 Å². The Morgan fingerprint density at radius 3 is 1.03 bits per heavy atom. The number of esters is 3. The molecule has 0 aliphatic carbocycles. The number of rotatable bonds is 43. The summed E-state index contributed by atoms with van der Waals surface area (Å²) in [7, 11) is 0. The average molecular weight is 871 g/mol. The molecule has 0 fully saturated rings. The summed E-state index contributed by atoms with van der Waals surface area (Å²) in [6, 6.07) is 0. The highest BCUT2D eigenvalue weighted by Crippen LogP contribution is 2.15. The fourth-order valence-electron chi connectivity index (χ4n) is 6.49. The Bertz CT molecular complexity index is 1370. The largest absolute Gasteiger partial charge is 0.462 e. The molecule has 0 heterocycles. The van der Waals surface area contributed by atoms with Crippen molar-refractivity contribution in [2.24, 2.45) is 0 Å². The van der Waals surface area contributed by atoms with Crippen molar-refractivity contribution in [1.82, 2.24) is 0 Å². The summed E-state index contributed by atoms with van der Waals surface area (Å²) in [5, 5.41) is 0. The SMILES string of the molecule is CC\C=C/C=C\C=C/C=C\C=C/CCCCCC(=O)OC(COC(=O)CCC\C=C/C=C\C=C/C=C\C=C/CC)COC(=O)CCCCCCCCCCCCCCCCCCC. The van der Waals surface area contributed by atoms with E-state index in [2.05, 4.69) is 39.0 Å². The quantitative estimate of drug-likeness (QED) is 0.0263. The Labute approximate surface area is 386 Å². The highest BCUT2D eigenvalue weighted by Gasteiger charge is 2.19. The Hall–Kier alpha value is -4.19. The number of unbranched alkanes of at least 4 members (excludes halogenated alkanes) is 20. The van der Waals surface area contributed by atoms with Crippen LogP contribution >= 0.6 is 0 Å². The predicted octanol–water partition coefficient (Wildman–Crippen LogP) is 16.5. The minimum atomic E-state index is -0.830. The van der Waals surface area contributed by atoms with Crippen molar-refractivity contribution in [3.05, 3.63) is 122 Å². The second kappa shape index (κ2) is 50.5. The van der Waals surface area contributed by atoms with Crippen LogP contribution in [0.1, 0.15) is 201 Å². The molecule has 354 valence electrons. The third-order valence-electron chi connectivity index (χ3n) is 10.2. The highest BCUT2D eigenvalue weighted by molar-refractivity contribution is 5.71. The van der Waals surface area contributed by atoms with E-state index in [4.69, 9.17) is 14.2 Å². The number of hydrogen-bond donors (Lipinski definition) is 0. The average Bonchev–Trinajstić information content (AvgIpc) is 3.28. The van der Waals surface area contributed by atoms with Crippen molar-refractivity contribution in [2.45, 2.75) is 207 Å². The molecule has 0 aliphatic rings. The van der Waals surface area contributed by atoms with Gasteiger partial charge in [0.2, 0.25) is 0 Å². The van der Waals surface area contributed by atoms with Gasteiger partial charge >= 0.3 is 17.9 Å². The van der Waals surface area contributed by atoms with Crippen molar-refractivity contribution in [2.75, 3.05) is 13.2 Å². The van der Waals surface area contributed by atoms with E-state index in [1.54, 1.807) is 0 Å². The van der Waals surface area contributed by atoms with Crippen molar-refractivity contribution in [1.29, 1.82) is 0 Å². The van der Waals surface area contributed by atoms with Gasteiger partial charge in [0, 0.05) is 19.3 Å². The van der Waals surface area contributed by atoms with E-state index in [1.165, 1.54) is 89.9 Å². The Morgan fingerprint density at radius 1 is 0.333 bits per heavy atom. The normalized spacial score (nSPS) is 13.1. The molecule has 1 atom stereocenters. The van der Waals surface area contributed by atoms with Crippen LogP contribution in [0.15, 0.2) is 122 Å². The molecule has 0 aromatic carbocycles. The van der Waals surface area contributed by atoms with Gasteiger partial charge in [-0.2, -0.15) is 0 Å². The molecular formula is C57H90O6. The van der Waals surface area contributed by atoms with Gasteiger partial charge in [-0.1, -0.05) is 251 Å².